The van der Waals surface area contributed by atoms with E-state index in [9.17, 15) is 4.21 Å². The Labute approximate surface area is 130 Å². The quantitative estimate of drug-likeness (QED) is 0.928. The number of rotatable bonds is 4. The smallest absolute Gasteiger partial charge is 0.119 e. The third-order valence-corrected chi connectivity index (χ3v) is 6.33. The van der Waals surface area contributed by atoms with Crippen molar-refractivity contribution in [1.29, 1.82) is 0 Å². The Hall–Kier alpha value is -0.870. The fourth-order valence-electron chi connectivity index (χ4n) is 3.03. The van der Waals surface area contributed by atoms with Crippen molar-refractivity contribution in [2.45, 2.75) is 56.6 Å². The van der Waals surface area contributed by atoms with Crippen LogP contribution in [0.3, 0.4) is 0 Å². The molecule has 0 fully saturated rings. The number of ether oxygens (including phenoxy) is 1. The monoisotopic (exact) mass is 309 g/mol. The maximum Gasteiger partial charge on any atom is 0.119 e. The second-order valence-electron chi connectivity index (χ2n) is 6.59. The maximum atomic E-state index is 12.9. The molecule has 3 atom stereocenters. The lowest BCUT2D eigenvalue weighted by atomic mass is 9.87. The number of aryl methyl sites for hydroxylation is 1. The second kappa shape index (κ2) is 6.49. The minimum Gasteiger partial charge on any atom is -0.497 e. The lowest BCUT2D eigenvalue weighted by Gasteiger charge is -2.37. The third kappa shape index (κ3) is 3.49. The van der Waals surface area contributed by atoms with E-state index in [4.69, 9.17) is 4.74 Å². The van der Waals surface area contributed by atoms with E-state index >= 15 is 0 Å². The number of nitrogens with one attached hydrogen (secondary N) is 1. The Morgan fingerprint density at radius 1 is 1.38 bits per heavy atom. The lowest BCUT2D eigenvalue weighted by molar-refractivity contribution is 0.409. The molecule has 1 aliphatic rings. The second-order valence-corrected chi connectivity index (χ2v) is 9.01. The van der Waals surface area contributed by atoms with Crippen molar-refractivity contribution < 1.29 is 8.95 Å². The van der Waals surface area contributed by atoms with Crippen LogP contribution in [-0.2, 0) is 17.2 Å². The first kappa shape index (κ1) is 16.5. The normalized spacial score (nSPS) is 23.5. The van der Waals surface area contributed by atoms with Crippen molar-refractivity contribution >= 4 is 10.8 Å². The van der Waals surface area contributed by atoms with Crippen molar-refractivity contribution in [2.24, 2.45) is 0 Å². The fraction of sp³-hybridized carbons (Fsp3) is 0.647. The van der Waals surface area contributed by atoms with E-state index < -0.39 is 10.8 Å². The molecule has 0 aromatic heterocycles. The molecule has 0 heterocycles. The first-order chi connectivity index (χ1) is 9.88. The zero-order valence-corrected chi connectivity index (χ0v) is 14.5. The van der Waals surface area contributed by atoms with Gasteiger partial charge in [-0.2, -0.15) is 0 Å². The molecule has 2 rings (SSSR count). The van der Waals surface area contributed by atoms with Crippen LogP contribution in [0, 0.1) is 0 Å². The molecule has 0 amide bonds. The first-order valence-electron chi connectivity index (χ1n) is 7.69. The van der Waals surface area contributed by atoms with Crippen LogP contribution in [0.4, 0.5) is 0 Å². The molecule has 3 nitrogen and oxygen atoms in total. The van der Waals surface area contributed by atoms with Gasteiger partial charge < -0.3 is 10.1 Å². The van der Waals surface area contributed by atoms with Crippen molar-refractivity contribution in [3.8, 4) is 5.75 Å². The Kier molecular flexibility index (Phi) is 5.10. The summed E-state index contributed by atoms with van der Waals surface area (Å²) in [5, 5.41) is 3.70. The highest BCUT2D eigenvalue weighted by Gasteiger charge is 2.37. The van der Waals surface area contributed by atoms with Gasteiger partial charge in [-0.25, -0.2) is 0 Å². The molecule has 0 saturated heterocycles. The summed E-state index contributed by atoms with van der Waals surface area (Å²) in [5.74, 6) is 0.874. The molecular weight excluding hydrogens is 282 g/mol. The summed E-state index contributed by atoms with van der Waals surface area (Å²) >= 11 is 0. The molecular formula is C17H27NO2S. The van der Waals surface area contributed by atoms with Gasteiger partial charge in [-0.1, -0.05) is 13.0 Å². The molecule has 1 aromatic carbocycles. The Morgan fingerprint density at radius 3 is 2.67 bits per heavy atom. The van der Waals surface area contributed by atoms with Crippen LogP contribution in [0.25, 0.3) is 0 Å². The van der Waals surface area contributed by atoms with Gasteiger partial charge in [0, 0.05) is 21.6 Å². The van der Waals surface area contributed by atoms with E-state index in [-0.39, 0.29) is 16.0 Å². The highest BCUT2D eigenvalue weighted by molar-refractivity contribution is 7.87. The summed E-state index contributed by atoms with van der Waals surface area (Å²) in [6, 6.07) is 6.42. The average molecular weight is 309 g/mol. The van der Waals surface area contributed by atoms with Crippen LogP contribution in [0.5, 0.6) is 5.75 Å². The lowest BCUT2D eigenvalue weighted by Crippen LogP contribution is -2.43. The number of benzene rings is 1. The first-order valence-corrected chi connectivity index (χ1v) is 8.90. The number of hydrogen-bond acceptors (Lipinski definition) is 3. The minimum atomic E-state index is -0.874. The molecule has 1 aromatic rings. The molecule has 0 spiro atoms. The molecule has 3 unspecified atom stereocenters. The van der Waals surface area contributed by atoms with Gasteiger partial charge in [0.15, 0.2) is 0 Å². The Morgan fingerprint density at radius 2 is 2.10 bits per heavy atom. The van der Waals surface area contributed by atoms with Gasteiger partial charge in [0.25, 0.3) is 0 Å². The maximum absolute atomic E-state index is 12.9. The highest BCUT2D eigenvalue weighted by Crippen LogP contribution is 2.37. The molecule has 0 aliphatic heterocycles. The van der Waals surface area contributed by atoms with Gasteiger partial charge in [0.1, 0.15) is 5.75 Å². The van der Waals surface area contributed by atoms with Gasteiger partial charge in [-0.05, 0) is 63.4 Å². The topological polar surface area (TPSA) is 38.3 Å². The van der Waals surface area contributed by atoms with Crippen LogP contribution in [0.2, 0.25) is 0 Å². The Balaban J connectivity index is 2.40. The van der Waals surface area contributed by atoms with Crippen LogP contribution >= 0.6 is 0 Å². The number of hydrogen-bond donors (Lipinski definition) is 1. The van der Waals surface area contributed by atoms with E-state index in [1.54, 1.807) is 7.11 Å². The van der Waals surface area contributed by atoms with Crippen molar-refractivity contribution in [3.05, 3.63) is 29.3 Å². The zero-order valence-electron chi connectivity index (χ0n) is 13.7. The van der Waals surface area contributed by atoms with E-state index in [2.05, 4.69) is 45.1 Å². The predicted octanol–water partition coefficient (Wildman–Crippen LogP) is 3.21. The van der Waals surface area contributed by atoms with E-state index in [0.29, 0.717) is 0 Å². The van der Waals surface area contributed by atoms with Crippen molar-refractivity contribution in [3.63, 3.8) is 0 Å². The van der Waals surface area contributed by atoms with E-state index in [0.717, 1.165) is 25.1 Å². The van der Waals surface area contributed by atoms with Gasteiger partial charge in [0.2, 0.25) is 0 Å². The molecule has 1 aliphatic carbocycles. The van der Waals surface area contributed by atoms with Crippen molar-refractivity contribution in [1.82, 2.24) is 5.32 Å². The molecule has 21 heavy (non-hydrogen) atoms. The molecule has 0 bridgehead atoms. The number of fused-ring (bicyclic) bond motifs is 1. The summed E-state index contributed by atoms with van der Waals surface area (Å²) in [7, 11) is 0.818. The number of methoxy groups -OCH3 is 1. The molecule has 118 valence electrons. The summed E-state index contributed by atoms with van der Waals surface area (Å²) < 4.78 is 18.1. The summed E-state index contributed by atoms with van der Waals surface area (Å²) in [5.41, 5.74) is 2.61. The predicted molar refractivity (Wildman–Crippen MR) is 89.4 cm³/mol. The standard InChI is InChI=1S/C17H27NO2S/c1-6-18-16-14-11-13(20-5)9-7-12(14)8-10-15(16)21(19)17(2,3)4/h7,9,11,15-16,18H,6,8,10H2,1-5H3. The van der Waals surface area contributed by atoms with Crippen LogP contribution in [0.15, 0.2) is 18.2 Å². The summed E-state index contributed by atoms with van der Waals surface area (Å²) in [6.07, 6.45) is 1.97. The molecule has 4 heteroatoms. The van der Waals surface area contributed by atoms with Crippen LogP contribution < -0.4 is 10.1 Å². The minimum absolute atomic E-state index is 0.147. The van der Waals surface area contributed by atoms with Gasteiger partial charge in [-0.15, -0.1) is 0 Å². The fourth-order valence-corrected chi connectivity index (χ4v) is 4.76. The van der Waals surface area contributed by atoms with Crippen molar-refractivity contribution in [2.75, 3.05) is 13.7 Å². The van der Waals surface area contributed by atoms with E-state index in [1.165, 1.54) is 11.1 Å². The molecule has 0 radical (unpaired) electrons. The largest absolute Gasteiger partial charge is 0.497 e. The summed E-state index contributed by atoms with van der Waals surface area (Å²) in [4.78, 5) is 0. The average Bonchev–Trinajstić information content (AvgIpc) is 2.45. The van der Waals surface area contributed by atoms with Gasteiger partial charge >= 0.3 is 0 Å². The summed E-state index contributed by atoms with van der Waals surface area (Å²) in [6.45, 7) is 9.16. The van der Waals surface area contributed by atoms with Crippen LogP contribution in [0.1, 0.15) is 51.3 Å². The molecule has 1 N–H and O–H groups in total. The molecule has 0 saturated carbocycles. The Bertz CT molecular complexity index is 522. The van der Waals surface area contributed by atoms with E-state index in [1.807, 2.05) is 6.07 Å². The SMILES string of the molecule is CCNC1c2cc(OC)ccc2CCC1S(=O)C(C)(C)C. The zero-order chi connectivity index (χ0) is 15.6. The van der Waals surface area contributed by atoms with Gasteiger partial charge in [0.05, 0.1) is 12.4 Å². The third-order valence-electron chi connectivity index (χ3n) is 4.06. The highest BCUT2D eigenvalue weighted by atomic mass is 32.2. The van der Waals surface area contributed by atoms with Gasteiger partial charge in [-0.3, -0.25) is 4.21 Å². The van der Waals surface area contributed by atoms with Crippen LogP contribution in [-0.4, -0.2) is 27.9 Å².